The highest BCUT2D eigenvalue weighted by Crippen LogP contribution is 2.36. The highest BCUT2D eigenvalue weighted by molar-refractivity contribution is 7.93. The first kappa shape index (κ1) is 19.5. The molecule has 152 valence electrons. The molecule has 0 radical (unpaired) electrons. The van der Waals surface area contributed by atoms with Crippen molar-refractivity contribution in [3.05, 3.63) is 64.5 Å². The number of hydrogen-bond donors (Lipinski definition) is 1. The van der Waals surface area contributed by atoms with Crippen molar-refractivity contribution in [3.8, 4) is 0 Å². The quantitative estimate of drug-likeness (QED) is 0.631. The number of anilines is 2. The van der Waals surface area contributed by atoms with Crippen LogP contribution in [0.3, 0.4) is 0 Å². The molecule has 0 atom stereocenters. The van der Waals surface area contributed by atoms with E-state index in [1.165, 1.54) is 34.6 Å². The molecular weight excluding hydrogens is 416 g/mol. The maximum absolute atomic E-state index is 13.4. The van der Waals surface area contributed by atoms with E-state index < -0.39 is 25.7 Å². The van der Waals surface area contributed by atoms with Gasteiger partial charge in [-0.3, -0.25) is 9.03 Å². The lowest BCUT2D eigenvalue weighted by Gasteiger charge is -2.31. The summed E-state index contributed by atoms with van der Waals surface area (Å²) >= 11 is 0. The highest BCUT2D eigenvalue weighted by atomic mass is 32.2. The molecule has 29 heavy (non-hydrogen) atoms. The minimum absolute atomic E-state index is 0.0631. The molecule has 8 nitrogen and oxygen atoms in total. The predicted molar refractivity (Wildman–Crippen MR) is 110 cm³/mol. The molecule has 0 bridgehead atoms. The molecule has 0 unspecified atom stereocenters. The molecule has 0 saturated heterocycles. The van der Waals surface area contributed by atoms with E-state index in [-0.39, 0.29) is 11.4 Å². The summed E-state index contributed by atoms with van der Waals surface area (Å²) in [4.78, 5) is 11.4. The normalized spacial score (nSPS) is 14.6. The van der Waals surface area contributed by atoms with Gasteiger partial charge in [0.25, 0.3) is 10.0 Å². The summed E-state index contributed by atoms with van der Waals surface area (Å²) < 4.78 is 58.8. The fourth-order valence-corrected chi connectivity index (χ4v) is 5.63. The second-order valence-corrected chi connectivity index (χ2v) is 10.4. The van der Waals surface area contributed by atoms with Crippen molar-refractivity contribution in [2.24, 2.45) is 0 Å². The Kier molecular flexibility index (Phi) is 4.62. The van der Waals surface area contributed by atoms with Crippen LogP contribution >= 0.6 is 0 Å². The summed E-state index contributed by atoms with van der Waals surface area (Å²) in [6.45, 7) is 0.277. The van der Waals surface area contributed by atoms with Crippen molar-refractivity contribution >= 4 is 42.4 Å². The van der Waals surface area contributed by atoms with Crippen molar-refractivity contribution in [2.45, 2.75) is 17.7 Å². The third-order valence-electron chi connectivity index (χ3n) is 4.68. The first-order valence-corrected chi connectivity index (χ1v) is 12.1. The Morgan fingerprint density at radius 2 is 1.83 bits per heavy atom. The standard InChI is InChI=1S/C19H18N2O6S2/c1-28(23,24)20-16-5-2-6-17-15(16)4-3-11-21(17)29(25,26)14-8-9-18-13(12-14)7-10-19(22)27-18/h2,5-10,12,20H,3-4,11H2,1H3. The van der Waals surface area contributed by atoms with Crippen LogP contribution < -0.4 is 14.7 Å². The van der Waals surface area contributed by atoms with Gasteiger partial charge in [-0.05, 0) is 49.2 Å². The van der Waals surface area contributed by atoms with Gasteiger partial charge >= 0.3 is 5.63 Å². The molecule has 3 aromatic rings. The second-order valence-electron chi connectivity index (χ2n) is 6.81. The summed E-state index contributed by atoms with van der Waals surface area (Å²) in [6, 6.07) is 12.0. The van der Waals surface area contributed by atoms with E-state index >= 15 is 0 Å². The maximum Gasteiger partial charge on any atom is 0.336 e. The molecule has 1 N–H and O–H groups in total. The SMILES string of the molecule is CS(=O)(=O)Nc1cccc2c1CCCN2S(=O)(=O)c1ccc2oc(=O)ccc2c1. The average molecular weight is 434 g/mol. The Labute approximate surface area is 167 Å². The van der Waals surface area contributed by atoms with E-state index in [9.17, 15) is 21.6 Å². The molecule has 2 aromatic carbocycles. The van der Waals surface area contributed by atoms with Crippen molar-refractivity contribution in [3.63, 3.8) is 0 Å². The van der Waals surface area contributed by atoms with E-state index in [2.05, 4.69) is 4.72 Å². The molecule has 1 aliphatic rings. The van der Waals surface area contributed by atoms with Gasteiger partial charge in [-0.1, -0.05) is 6.07 Å². The van der Waals surface area contributed by atoms with Gasteiger partial charge in [-0.15, -0.1) is 0 Å². The van der Waals surface area contributed by atoms with Crippen LogP contribution in [0.5, 0.6) is 0 Å². The molecular formula is C19H18N2O6S2. The zero-order valence-corrected chi connectivity index (χ0v) is 17.1. The van der Waals surface area contributed by atoms with Crippen LogP contribution in [0.25, 0.3) is 11.0 Å². The lowest BCUT2D eigenvalue weighted by atomic mass is 10.0. The molecule has 1 aliphatic heterocycles. The van der Waals surface area contributed by atoms with E-state index in [0.29, 0.717) is 40.7 Å². The topological polar surface area (TPSA) is 114 Å². The number of benzene rings is 2. The molecule has 10 heteroatoms. The Balaban J connectivity index is 1.81. The van der Waals surface area contributed by atoms with Gasteiger partial charge in [0.05, 0.1) is 22.5 Å². The third-order valence-corrected chi connectivity index (χ3v) is 7.08. The van der Waals surface area contributed by atoms with E-state index in [1.807, 2.05) is 0 Å². The second kappa shape index (κ2) is 6.89. The Morgan fingerprint density at radius 3 is 2.59 bits per heavy atom. The third kappa shape index (κ3) is 3.73. The van der Waals surface area contributed by atoms with Gasteiger partial charge < -0.3 is 4.42 Å². The van der Waals surface area contributed by atoms with E-state index in [4.69, 9.17) is 4.42 Å². The zero-order valence-electron chi connectivity index (χ0n) is 15.5. The predicted octanol–water partition coefficient (Wildman–Crippen LogP) is 2.31. The lowest BCUT2D eigenvalue weighted by molar-refractivity contribution is 0.560. The maximum atomic E-state index is 13.4. The van der Waals surface area contributed by atoms with Crippen LogP contribution in [0.1, 0.15) is 12.0 Å². The Bertz CT molecular complexity index is 1380. The number of nitrogens with zero attached hydrogens (tertiary/aromatic N) is 1. The minimum Gasteiger partial charge on any atom is -0.423 e. The Morgan fingerprint density at radius 1 is 1.03 bits per heavy atom. The fraction of sp³-hybridized carbons (Fsp3) is 0.211. The molecule has 0 aliphatic carbocycles. The molecule has 0 fully saturated rings. The molecule has 1 aromatic heterocycles. The molecule has 0 amide bonds. The fourth-order valence-electron chi connectivity index (χ4n) is 3.47. The van der Waals surface area contributed by atoms with Gasteiger partial charge in [0.15, 0.2) is 0 Å². The number of rotatable bonds is 4. The van der Waals surface area contributed by atoms with Gasteiger partial charge in [0.1, 0.15) is 5.58 Å². The van der Waals surface area contributed by atoms with Crippen LogP contribution in [0.2, 0.25) is 0 Å². The van der Waals surface area contributed by atoms with Crippen LogP contribution in [0.15, 0.2) is 62.6 Å². The van der Waals surface area contributed by atoms with Gasteiger partial charge in [-0.2, -0.15) is 0 Å². The first-order chi connectivity index (χ1) is 13.6. The largest absolute Gasteiger partial charge is 0.423 e. The van der Waals surface area contributed by atoms with Crippen LogP contribution in [-0.4, -0.2) is 29.6 Å². The summed E-state index contributed by atoms with van der Waals surface area (Å²) in [5.41, 5.74) is 1.26. The number of fused-ring (bicyclic) bond motifs is 2. The summed E-state index contributed by atoms with van der Waals surface area (Å²) in [6.07, 6.45) is 2.16. The first-order valence-electron chi connectivity index (χ1n) is 8.81. The van der Waals surface area contributed by atoms with Crippen molar-refractivity contribution in [1.29, 1.82) is 0 Å². The van der Waals surface area contributed by atoms with Crippen molar-refractivity contribution < 1.29 is 21.3 Å². The summed E-state index contributed by atoms with van der Waals surface area (Å²) in [5.74, 6) is 0. The van der Waals surface area contributed by atoms with Crippen LogP contribution in [-0.2, 0) is 26.5 Å². The van der Waals surface area contributed by atoms with E-state index in [0.717, 1.165) is 6.26 Å². The van der Waals surface area contributed by atoms with Crippen LogP contribution in [0, 0.1) is 0 Å². The van der Waals surface area contributed by atoms with Crippen molar-refractivity contribution in [2.75, 3.05) is 21.8 Å². The molecule has 4 rings (SSSR count). The smallest absolute Gasteiger partial charge is 0.336 e. The van der Waals surface area contributed by atoms with Gasteiger partial charge in [0.2, 0.25) is 10.0 Å². The number of sulfonamides is 2. The minimum atomic E-state index is -3.90. The highest BCUT2D eigenvalue weighted by Gasteiger charge is 2.30. The van der Waals surface area contributed by atoms with Gasteiger partial charge in [-0.25, -0.2) is 21.6 Å². The zero-order chi connectivity index (χ0) is 20.8. The monoisotopic (exact) mass is 434 g/mol. The Hall–Kier alpha value is -2.85. The average Bonchev–Trinajstić information content (AvgIpc) is 2.66. The van der Waals surface area contributed by atoms with Gasteiger partial charge in [0, 0.05) is 23.6 Å². The summed E-state index contributed by atoms with van der Waals surface area (Å²) in [7, 11) is -7.40. The van der Waals surface area contributed by atoms with Crippen LogP contribution in [0.4, 0.5) is 11.4 Å². The molecule has 2 heterocycles. The molecule has 0 saturated carbocycles. The summed E-state index contributed by atoms with van der Waals surface area (Å²) in [5, 5.41) is 0.496. The molecule has 0 spiro atoms. The number of nitrogens with one attached hydrogen (secondary N) is 1. The van der Waals surface area contributed by atoms with Crippen molar-refractivity contribution in [1.82, 2.24) is 0 Å². The van der Waals surface area contributed by atoms with E-state index in [1.54, 1.807) is 18.2 Å². The number of hydrogen-bond acceptors (Lipinski definition) is 6. The lowest BCUT2D eigenvalue weighted by Crippen LogP contribution is -2.35.